The number of ether oxygens (including phenoxy) is 1. The molecule has 1 aromatic rings. The molecule has 1 aliphatic rings. The van der Waals surface area contributed by atoms with Crippen molar-refractivity contribution >= 4 is 21.6 Å². The Bertz CT molecular complexity index is 355. The number of aliphatic hydroxyl groups excluding tert-OH is 1. The van der Waals surface area contributed by atoms with Crippen molar-refractivity contribution in [2.24, 2.45) is 0 Å². The summed E-state index contributed by atoms with van der Waals surface area (Å²) in [6, 6.07) is 6.32. The number of para-hydroxylation sites is 1. The van der Waals surface area contributed by atoms with E-state index in [-0.39, 0.29) is 12.7 Å². The van der Waals surface area contributed by atoms with Gasteiger partial charge >= 0.3 is 0 Å². The largest absolute Gasteiger partial charge is 0.489 e. The number of hydrogen-bond acceptors (Lipinski definition) is 4. The van der Waals surface area contributed by atoms with Crippen molar-refractivity contribution in [1.82, 2.24) is 0 Å². The van der Waals surface area contributed by atoms with Crippen molar-refractivity contribution in [2.75, 3.05) is 12.9 Å². The molecule has 0 aliphatic carbocycles. The minimum atomic E-state index is 0.182. The van der Waals surface area contributed by atoms with Gasteiger partial charge in [-0.05, 0) is 30.7 Å². The predicted molar refractivity (Wildman–Crippen MR) is 70.3 cm³/mol. The lowest BCUT2D eigenvalue weighted by molar-refractivity contribution is 0.130. The normalized spacial score (nSPS) is 19.0. The maximum Gasteiger partial charge on any atom is 0.137 e. The summed E-state index contributed by atoms with van der Waals surface area (Å²) in [4.78, 5) is 1.20. The molecular weight excluding hydrogens is 240 g/mol. The Morgan fingerprint density at radius 2 is 2.38 bits per heavy atom. The molecule has 0 spiro atoms. The van der Waals surface area contributed by atoms with Crippen LogP contribution in [0.1, 0.15) is 18.4 Å². The van der Waals surface area contributed by atoms with E-state index < -0.39 is 0 Å². The van der Waals surface area contributed by atoms with E-state index >= 15 is 0 Å². The lowest BCUT2D eigenvalue weighted by atomic mass is 10.0. The molecule has 0 fully saturated rings. The van der Waals surface area contributed by atoms with E-state index in [1.165, 1.54) is 10.5 Å². The van der Waals surface area contributed by atoms with Crippen LogP contribution in [0.4, 0.5) is 0 Å². The molecule has 0 saturated heterocycles. The van der Waals surface area contributed by atoms with Gasteiger partial charge < -0.3 is 9.84 Å². The van der Waals surface area contributed by atoms with Crippen LogP contribution in [0.15, 0.2) is 23.1 Å². The van der Waals surface area contributed by atoms with Crippen molar-refractivity contribution in [2.45, 2.75) is 30.3 Å². The Morgan fingerprint density at radius 3 is 3.12 bits per heavy atom. The highest BCUT2D eigenvalue weighted by molar-refractivity contribution is 8.76. The van der Waals surface area contributed by atoms with Gasteiger partial charge in [0.05, 0.1) is 4.90 Å². The van der Waals surface area contributed by atoms with Crippen LogP contribution in [0, 0.1) is 0 Å². The zero-order valence-electron chi connectivity index (χ0n) is 9.31. The maximum absolute atomic E-state index is 8.95. The summed E-state index contributed by atoms with van der Waals surface area (Å²) in [7, 11) is 3.47. The van der Waals surface area contributed by atoms with Crippen LogP contribution in [0.5, 0.6) is 5.75 Å². The van der Waals surface area contributed by atoms with Crippen molar-refractivity contribution < 1.29 is 9.84 Å². The Balaban J connectivity index is 2.20. The standard InChI is InChI=1S/C12H16O2S2/c1-15-16-11-4-2-3-9-5-6-10(7-8-13)14-12(9)11/h2-4,10,13H,5-8H2,1H3. The van der Waals surface area contributed by atoms with Gasteiger partial charge in [0.1, 0.15) is 11.9 Å². The van der Waals surface area contributed by atoms with Crippen LogP contribution in [0.3, 0.4) is 0 Å². The van der Waals surface area contributed by atoms with Crippen molar-refractivity contribution in [3.63, 3.8) is 0 Å². The third-order valence-corrected chi connectivity index (χ3v) is 4.41. The molecule has 88 valence electrons. The first-order valence-corrected chi connectivity index (χ1v) is 8.01. The molecule has 0 radical (unpaired) electrons. The molecule has 0 aromatic heterocycles. The summed E-state index contributed by atoms with van der Waals surface area (Å²) < 4.78 is 5.96. The molecule has 1 unspecified atom stereocenters. The summed E-state index contributed by atoms with van der Waals surface area (Å²) in [6.07, 6.45) is 5.06. The van der Waals surface area contributed by atoms with E-state index in [1.807, 2.05) is 0 Å². The maximum atomic E-state index is 8.95. The lowest BCUT2D eigenvalue weighted by Crippen LogP contribution is -2.24. The molecule has 2 rings (SSSR count). The van der Waals surface area contributed by atoms with E-state index in [4.69, 9.17) is 9.84 Å². The van der Waals surface area contributed by atoms with Crippen molar-refractivity contribution in [3.8, 4) is 5.75 Å². The predicted octanol–water partition coefficient (Wildman–Crippen LogP) is 3.13. The summed E-state index contributed by atoms with van der Waals surface area (Å²) >= 11 is 0. The Kier molecular flexibility index (Phi) is 4.44. The second-order valence-corrected chi connectivity index (χ2v) is 6.23. The van der Waals surface area contributed by atoms with Gasteiger partial charge in [-0.3, -0.25) is 0 Å². The first-order valence-electron chi connectivity index (χ1n) is 5.45. The van der Waals surface area contributed by atoms with Gasteiger partial charge in [-0.2, -0.15) is 0 Å². The van der Waals surface area contributed by atoms with E-state index in [0.29, 0.717) is 0 Å². The molecule has 1 N–H and O–H groups in total. The summed E-state index contributed by atoms with van der Waals surface area (Å²) in [6.45, 7) is 0.206. The van der Waals surface area contributed by atoms with Gasteiger partial charge in [0.15, 0.2) is 0 Å². The van der Waals surface area contributed by atoms with E-state index in [1.54, 1.807) is 21.6 Å². The van der Waals surface area contributed by atoms with Crippen LogP contribution >= 0.6 is 21.6 Å². The number of fused-ring (bicyclic) bond motifs is 1. The van der Waals surface area contributed by atoms with Crippen LogP contribution < -0.4 is 4.74 Å². The monoisotopic (exact) mass is 256 g/mol. The Labute approximate surface area is 104 Å². The Morgan fingerprint density at radius 1 is 1.50 bits per heavy atom. The summed E-state index contributed by atoms with van der Waals surface area (Å²) in [5.41, 5.74) is 1.30. The molecule has 1 atom stereocenters. The second-order valence-electron chi connectivity index (χ2n) is 3.79. The number of aliphatic hydroxyl groups is 1. The fourth-order valence-electron chi connectivity index (χ4n) is 1.94. The molecule has 1 aliphatic heterocycles. The topological polar surface area (TPSA) is 29.5 Å². The summed E-state index contributed by atoms with van der Waals surface area (Å²) in [5, 5.41) is 8.95. The third-order valence-electron chi connectivity index (χ3n) is 2.70. The molecule has 1 aromatic carbocycles. The van der Waals surface area contributed by atoms with Gasteiger partial charge in [0.2, 0.25) is 0 Å². The number of benzene rings is 1. The second kappa shape index (κ2) is 5.84. The van der Waals surface area contributed by atoms with Crippen molar-refractivity contribution in [3.05, 3.63) is 23.8 Å². The molecule has 4 heteroatoms. The molecular formula is C12H16O2S2. The molecule has 2 nitrogen and oxygen atoms in total. The zero-order valence-corrected chi connectivity index (χ0v) is 10.9. The highest BCUT2D eigenvalue weighted by Gasteiger charge is 2.21. The molecule has 16 heavy (non-hydrogen) atoms. The number of hydrogen-bond donors (Lipinski definition) is 1. The molecule has 1 heterocycles. The minimum absolute atomic E-state index is 0.182. The fraction of sp³-hybridized carbons (Fsp3) is 0.500. The fourth-order valence-corrected chi connectivity index (χ4v) is 3.44. The highest BCUT2D eigenvalue weighted by atomic mass is 33.1. The van der Waals surface area contributed by atoms with Crippen LogP contribution in [-0.4, -0.2) is 24.1 Å². The third kappa shape index (κ3) is 2.67. The summed E-state index contributed by atoms with van der Waals surface area (Å²) in [5.74, 6) is 1.03. The van der Waals surface area contributed by atoms with Gasteiger partial charge in [-0.25, -0.2) is 0 Å². The first-order chi connectivity index (χ1) is 7.85. The van der Waals surface area contributed by atoms with Crippen LogP contribution in [0.2, 0.25) is 0 Å². The van der Waals surface area contributed by atoms with E-state index in [0.717, 1.165) is 25.0 Å². The number of rotatable bonds is 4. The van der Waals surface area contributed by atoms with Gasteiger partial charge in [0, 0.05) is 13.0 Å². The first kappa shape index (κ1) is 12.1. The Hall–Kier alpha value is -0.320. The molecule has 0 amide bonds. The smallest absolute Gasteiger partial charge is 0.137 e. The highest BCUT2D eigenvalue weighted by Crippen LogP contribution is 2.41. The quantitative estimate of drug-likeness (QED) is 0.838. The molecule has 0 bridgehead atoms. The number of aryl methyl sites for hydroxylation is 1. The average molecular weight is 256 g/mol. The van der Waals surface area contributed by atoms with E-state index in [9.17, 15) is 0 Å². The van der Waals surface area contributed by atoms with Gasteiger partial charge in [-0.15, -0.1) is 0 Å². The van der Waals surface area contributed by atoms with Crippen LogP contribution in [0.25, 0.3) is 0 Å². The van der Waals surface area contributed by atoms with Crippen LogP contribution in [-0.2, 0) is 6.42 Å². The SMILES string of the molecule is CSSc1cccc2c1OC(CCO)CC2. The average Bonchev–Trinajstić information content (AvgIpc) is 2.31. The van der Waals surface area contributed by atoms with Crippen molar-refractivity contribution in [1.29, 1.82) is 0 Å². The molecule has 0 saturated carbocycles. The van der Waals surface area contributed by atoms with Gasteiger partial charge in [-0.1, -0.05) is 33.7 Å². The zero-order chi connectivity index (χ0) is 11.4. The lowest BCUT2D eigenvalue weighted by Gasteiger charge is -2.27. The minimum Gasteiger partial charge on any atom is -0.489 e. The van der Waals surface area contributed by atoms with E-state index in [2.05, 4.69) is 24.5 Å². The van der Waals surface area contributed by atoms with Gasteiger partial charge in [0.25, 0.3) is 0 Å².